The molecule has 0 aliphatic carbocycles. The Labute approximate surface area is 96.4 Å². The van der Waals surface area contributed by atoms with Crippen LogP contribution in [0.4, 0.5) is 0 Å². The quantitative estimate of drug-likeness (QED) is 0.743. The SMILES string of the molecule is C=CCNC(C)c1ccc(OCC#N)cc1. The lowest BCUT2D eigenvalue weighted by Crippen LogP contribution is -2.18. The van der Waals surface area contributed by atoms with E-state index in [1.807, 2.05) is 36.4 Å². The van der Waals surface area contributed by atoms with E-state index in [-0.39, 0.29) is 12.6 Å². The van der Waals surface area contributed by atoms with E-state index in [1.165, 1.54) is 5.56 Å². The lowest BCUT2D eigenvalue weighted by atomic mass is 10.1. The van der Waals surface area contributed by atoms with E-state index in [2.05, 4.69) is 18.8 Å². The molecule has 0 aliphatic rings. The number of ether oxygens (including phenoxy) is 1. The Morgan fingerprint density at radius 2 is 2.19 bits per heavy atom. The zero-order valence-electron chi connectivity index (χ0n) is 9.44. The second kappa shape index (κ2) is 6.65. The summed E-state index contributed by atoms with van der Waals surface area (Å²) in [6.45, 7) is 6.63. The van der Waals surface area contributed by atoms with E-state index in [1.54, 1.807) is 0 Å². The van der Waals surface area contributed by atoms with Crippen LogP contribution in [0.15, 0.2) is 36.9 Å². The van der Waals surface area contributed by atoms with Crippen molar-refractivity contribution in [1.82, 2.24) is 5.32 Å². The van der Waals surface area contributed by atoms with E-state index in [4.69, 9.17) is 10.00 Å². The first-order valence-electron chi connectivity index (χ1n) is 5.22. The summed E-state index contributed by atoms with van der Waals surface area (Å²) in [4.78, 5) is 0. The van der Waals surface area contributed by atoms with Gasteiger partial charge in [-0.1, -0.05) is 18.2 Å². The van der Waals surface area contributed by atoms with Gasteiger partial charge < -0.3 is 10.1 Å². The highest BCUT2D eigenvalue weighted by Gasteiger charge is 2.03. The Balaban J connectivity index is 2.56. The van der Waals surface area contributed by atoms with Crippen molar-refractivity contribution in [3.8, 4) is 11.8 Å². The minimum Gasteiger partial charge on any atom is -0.479 e. The molecule has 1 rings (SSSR count). The fraction of sp³-hybridized carbons (Fsp3) is 0.308. The largest absolute Gasteiger partial charge is 0.479 e. The highest BCUT2D eigenvalue weighted by molar-refractivity contribution is 5.29. The highest BCUT2D eigenvalue weighted by Crippen LogP contribution is 2.17. The first-order chi connectivity index (χ1) is 7.77. The fourth-order valence-corrected chi connectivity index (χ4v) is 1.35. The van der Waals surface area contributed by atoms with Gasteiger partial charge in [0.05, 0.1) is 0 Å². The Morgan fingerprint density at radius 3 is 2.75 bits per heavy atom. The molecule has 0 saturated carbocycles. The number of nitrogens with zero attached hydrogens (tertiary/aromatic N) is 1. The molecule has 16 heavy (non-hydrogen) atoms. The maximum absolute atomic E-state index is 8.37. The fourth-order valence-electron chi connectivity index (χ4n) is 1.35. The zero-order chi connectivity index (χ0) is 11.8. The second-order valence-electron chi connectivity index (χ2n) is 3.43. The molecule has 1 aromatic carbocycles. The molecule has 1 unspecified atom stereocenters. The maximum Gasteiger partial charge on any atom is 0.174 e. The van der Waals surface area contributed by atoms with Crippen molar-refractivity contribution in [2.75, 3.05) is 13.2 Å². The molecule has 0 radical (unpaired) electrons. The van der Waals surface area contributed by atoms with Crippen LogP contribution in [0.1, 0.15) is 18.5 Å². The van der Waals surface area contributed by atoms with Crippen LogP contribution in [0.2, 0.25) is 0 Å². The monoisotopic (exact) mass is 216 g/mol. The van der Waals surface area contributed by atoms with E-state index in [9.17, 15) is 0 Å². The van der Waals surface area contributed by atoms with E-state index >= 15 is 0 Å². The van der Waals surface area contributed by atoms with Gasteiger partial charge in [-0.05, 0) is 24.6 Å². The molecule has 0 aromatic heterocycles. The molecule has 0 spiro atoms. The minimum absolute atomic E-state index is 0.0869. The Hall–Kier alpha value is -1.79. The number of nitriles is 1. The number of benzene rings is 1. The molecule has 0 amide bonds. The molecule has 3 nitrogen and oxygen atoms in total. The van der Waals surface area contributed by atoms with Crippen LogP contribution < -0.4 is 10.1 Å². The molecule has 84 valence electrons. The van der Waals surface area contributed by atoms with Gasteiger partial charge in [-0.25, -0.2) is 0 Å². The summed E-state index contributed by atoms with van der Waals surface area (Å²) in [7, 11) is 0. The molecule has 1 N–H and O–H groups in total. The van der Waals surface area contributed by atoms with Gasteiger partial charge in [0.15, 0.2) is 6.61 Å². The van der Waals surface area contributed by atoms with Gasteiger partial charge in [-0.15, -0.1) is 6.58 Å². The van der Waals surface area contributed by atoms with Gasteiger partial charge in [-0.2, -0.15) is 5.26 Å². The normalized spacial score (nSPS) is 11.5. The maximum atomic E-state index is 8.37. The summed E-state index contributed by atoms with van der Waals surface area (Å²) in [5.74, 6) is 0.723. The van der Waals surface area contributed by atoms with Crippen molar-refractivity contribution in [3.05, 3.63) is 42.5 Å². The molecule has 1 aromatic rings. The Bertz CT molecular complexity index is 365. The molecular formula is C13H16N2O. The molecule has 3 heteroatoms. The van der Waals surface area contributed by atoms with E-state index in [0.29, 0.717) is 0 Å². The molecule has 1 atom stereocenters. The summed E-state index contributed by atoms with van der Waals surface area (Å²) in [6.07, 6.45) is 1.83. The predicted molar refractivity (Wildman–Crippen MR) is 64.2 cm³/mol. The number of nitrogens with one attached hydrogen (secondary N) is 1. The third-order valence-electron chi connectivity index (χ3n) is 2.25. The van der Waals surface area contributed by atoms with Crippen LogP contribution in [0, 0.1) is 11.3 Å². The van der Waals surface area contributed by atoms with Crippen molar-refractivity contribution < 1.29 is 4.74 Å². The summed E-state index contributed by atoms with van der Waals surface area (Å²) in [5, 5.41) is 11.7. The van der Waals surface area contributed by atoms with Crippen LogP contribution in [-0.4, -0.2) is 13.2 Å². The third kappa shape index (κ3) is 3.76. The zero-order valence-corrected chi connectivity index (χ0v) is 9.44. The summed E-state index contributed by atoms with van der Waals surface area (Å²) >= 11 is 0. The Kier molecular flexibility index (Phi) is 5.10. The van der Waals surface area contributed by atoms with Gasteiger partial charge in [0.2, 0.25) is 0 Å². The number of hydrogen-bond acceptors (Lipinski definition) is 3. The molecular weight excluding hydrogens is 200 g/mol. The lowest BCUT2D eigenvalue weighted by Gasteiger charge is -2.13. The second-order valence-corrected chi connectivity index (χ2v) is 3.43. The smallest absolute Gasteiger partial charge is 0.174 e. The van der Waals surface area contributed by atoms with Crippen LogP contribution >= 0.6 is 0 Å². The van der Waals surface area contributed by atoms with E-state index < -0.39 is 0 Å². The van der Waals surface area contributed by atoms with Crippen molar-refractivity contribution in [2.45, 2.75) is 13.0 Å². The summed E-state index contributed by atoms with van der Waals surface area (Å²) in [5.41, 5.74) is 1.19. The van der Waals surface area contributed by atoms with Gasteiger partial charge in [0.25, 0.3) is 0 Å². The number of hydrogen-bond donors (Lipinski definition) is 1. The summed E-state index contributed by atoms with van der Waals surface area (Å²) in [6, 6.07) is 9.95. The van der Waals surface area contributed by atoms with Gasteiger partial charge >= 0.3 is 0 Å². The van der Waals surface area contributed by atoms with Crippen molar-refractivity contribution in [2.24, 2.45) is 0 Å². The van der Waals surface area contributed by atoms with E-state index in [0.717, 1.165) is 12.3 Å². The Morgan fingerprint density at radius 1 is 1.50 bits per heavy atom. The van der Waals surface area contributed by atoms with Crippen LogP contribution in [0.25, 0.3) is 0 Å². The average Bonchev–Trinajstić information content (AvgIpc) is 2.34. The average molecular weight is 216 g/mol. The van der Waals surface area contributed by atoms with Crippen molar-refractivity contribution in [3.63, 3.8) is 0 Å². The summed E-state index contributed by atoms with van der Waals surface area (Å²) < 4.78 is 5.17. The lowest BCUT2D eigenvalue weighted by molar-refractivity contribution is 0.368. The molecule has 0 heterocycles. The van der Waals surface area contributed by atoms with Gasteiger partial charge in [-0.3, -0.25) is 0 Å². The predicted octanol–water partition coefficient (Wildman–Crippen LogP) is 2.43. The molecule has 0 aliphatic heterocycles. The van der Waals surface area contributed by atoms with Crippen LogP contribution in [0.3, 0.4) is 0 Å². The standard InChI is InChI=1S/C13H16N2O/c1-3-9-15-11(2)12-4-6-13(7-5-12)16-10-8-14/h3-7,11,15H,1,9-10H2,2H3. The highest BCUT2D eigenvalue weighted by atomic mass is 16.5. The van der Waals surface area contributed by atoms with Gasteiger partial charge in [0, 0.05) is 12.6 Å². The minimum atomic E-state index is 0.0869. The third-order valence-corrected chi connectivity index (χ3v) is 2.25. The van der Waals surface area contributed by atoms with Crippen LogP contribution in [-0.2, 0) is 0 Å². The van der Waals surface area contributed by atoms with Crippen molar-refractivity contribution in [1.29, 1.82) is 5.26 Å². The van der Waals surface area contributed by atoms with Gasteiger partial charge in [0.1, 0.15) is 11.8 Å². The van der Waals surface area contributed by atoms with Crippen molar-refractivity contribution >= 4 is 0 Å². The van der Waals surface area contributed by atoms with Crippen LogP contribution in [0.5, 0.6) is 5.75 Å². The topological polar surface area (TPSA) is 45.0 Å². The molecule has 0 bridgehead atoms. The molecule has 0 fully saturated rings. The first kappa shape index (κ1) is 12.3. The molecule has 0 saturated heterocycles. The first-order valence-corrected chi connectivity index (χ1v) is 5.22. The number of rotatable bonds is 6.